The highest BCUT2D eigenvalue weighted by atomic mass is 79.9. The van der Waals surface area contributed by atoms with E-state index in [0.717, 1.165) is 25.9 Å². The number of nitrogens with zero attached hydrogens (tertiary/aromatic N) is 1. The summed E-state index contributed by atoms with van der Waals surface area (Å²) in [4.78, 5) is 13.0. The van der Waals surface area contributed by atoms with Gasteiger partial charge in [-0.2, -0.15) is 0 Å². The summed E-state index contributed by atoms with van der Waals surface area (Å²) >= 11 is 3.14. The molecule has 1 saturated heterocycles. The molecule has 1 fully saturated rings. The van der Waals surface area contributed by atoms with Crippen LogP contribution in [-0.2, 0) is 4.79 Å². The van der Waals surface area contributed by atoms with E-state index in [-0.39, 0.29) is 12.5 Å². The van der Waals surface area contributed by atoms with Crippen LogP contribution in [0.15, 0.2) is 0 Å². The molecule has 0 aromatic carbocycles. The Balaban J connectivity index is 2.30. The zero-order valence-corrected chi connectivity index (χ0v) is 8.59. The number of hydrogen-bond donors (Lipinski definition) is 1. The number of carbonyl (C=O) groups is 1. The van der Waals surface area contributed by atoms with Gasteiger partial charge in [0.1, 0.15) is 0 Å². The Kier molecular flexibility index (Phi) is 4.01. The van der Waals surface area contributed by atoms with Crippen molar-refractivity contribution in [2.45, 2.75) is 12.8 Å². The highest BCUT2D eigenvalue weighted by Crippen LogP contribution is 2.19. The number of hydrogen-bond acceptors (Lipinski definition) is 2. The standard InChI is InChI=1S/C8H14BrNO2/c9-5-8(12)10-3-1-7(6-10)2-4-11/h7,11H,1-6H2. The second-order valence-electron chi connectivity index (χ2n) is 3.14. The van der Waals surface area contributed by atoms with Crippen LogP contribution in [0.4, 0.5) is 0 Å². The SMILES string of the molecule is O=C(CBr)N1CCC(CCO)C1. The van der Waals surface area contributed by atoms with Crippen molar-refractivity contribution in [1.29, 1.82) is 0 Å². The van der Waals surface area contributed by atoms with Crippen molar-refractivity contribution in [2.24, 2.45) is 5.92 Å². The first-order valence-electron chi connectivity index (χ1n) is 4.22. The van der Waals surface area contributed by atoms with Crippen molar-refractivity contribution < 1.29 is 9.90 Å². The highest BCUT2D eigenvalue weighted by Gasteiger charge is 2.24. The molecule has 1 atom stereocenters. The molecule has 1 aliphatic heterocycles. The van der Waals surface area contributed by atoms with Crippen molar-refractivity contribution in [1.82, 2.24) is 4.90 Å². The molecule has 0 aliphatic carbocycles. The van der Waals surface area contributed by atoms with Crippen molar-refractivity contribution in [2.75, 3.05) is 25.0 Å². The normalized spacial score (nSPS) is 23.2. The molecule has 1 amide bonds. The highest BCUT2D eigenvalue weighted by molar-refractivity contribution is 9.09. The number of rotatable bonds is 3. The van der Waals surface area contributed by atoms with Gasteiger partial charge >= 0.3 is 0 Å². The van der Waals surface area contributed by atoms with Gasteiger partial charge in [0.05, 0.1) is 5.33 Å². The van der Waals surface area contributed by atoms with Crippen molar-refractivity contribution in [3.63, 3.8) is 0 Å². The fourth-order valence-corrected chi connectivity index (χ4v) is 1.92. The lowest BCUT2D eigenvalue weighted by Crippen LogP contribution is -2.29. The number of carbonyl (C=O) groups excluding carboxylic acids is 1. The van der Waals surface area contributed by atoms with Crippen molar-refractivity contribution in [3.8, 4) is 0 Å². The summed E-state index contributed by atoms with van der Waals surface area (Å²) in [6.07, 6.45) is 1.87. The average molecular weight is 236 g/mol. The molecule has 3 nitrogen and oxygen atoms in total. The van der Waals surface area contributed by atoms with Gasteiger partial charge in [0.15, 0.2) is 0 Å². The average Bonchev–Trinajstić information content (AvgIpc) is 2.52. The minimum atomic E-state index is 0.162. The van der Waals surface area contributed by atoms with Gasteiger partial charge in [0, 0.05) is 19.7 Å². The number of aliphatic hydroxyl groups excluding tert-OH is 1. The third-order valence-corrected chi connectivity index (χ3v) is 2.77. The van der Waals surface area contributed by atoms with Gasteiger partial charge in [0.25, 0.3) is 0 Å². The minimum Gasteiger partial charge on any atom is -0.396 e. The zero-order valence-electron chi connectivity index (χ0n) is 7.00. The molecule has 0 bridgehead atoms. The smallest absolute Gasteiger partial charge is 0.233 e. The van der Waals surface area contributed by atoms with Gasteiger partial charge in [-0.3, -0.25) is 4.79 Å². The van der Waals surface area contributed by atoms with E-state index in [4.69, 9.17) is 5.11 Å². The summed E-state index contributed by atoms with van der Waals surface area (Å²) < 4.78 is 0. The van der Waals surface area contributed by atoms with E-state index in [0.29, 0.717) is 11.2 Å². The molecular weight excluding hydrogens is 222 g/mol. The topological polar surface area (TPSA) is 40.5 Å². The van der Waals surface area contributed by atoms with Crippen LogP contribution in [0.3, 0.4) is 0 Å². The third kappa shape index (κ3) is 2.45. The maximum atomic E-state index is 11.2. The fourth-order valence-electron chi connectivity index (χ4n) is 1.56. The van der Waals surface area contributed by atoms with Gasteiger partial charge in [-0.25, -0.2) is 0 Å². The fraction of sp³-hybridized carbons (Fsp3) is 0.875. The predicted molar refractivity (Wildman–Crippen MR) is 50.2 cm³/mol. The monoisotopic (exact) mass is 235 g/mol. The molecule has 0 aromatic rings. The minimum absolute atomic E-state index is 0.162. The maximum absolute atomic E-state index is 11.2. The predicted octanol–water partition coefficient (Wildman–Crippen LogP) is 0.612. The first-order chi connectivity index (χ1) is 5.77. The van der Waals surface area contributed by atoms with E-state index in [1.807, 2.05) is 4.90 Å². The Hall–Kier alpha value is -0.0900. The molecule has 0 saturated carbocycles. The lowest BCUT2D eigenvalue weighted by Gasteiger charge is -2.14. The molecule has 1 unspecified atom stereocenters. The van der Waals surface area contributed by atoms with Crippen LogP contribution in [0.5, 0.6) is 0 Å². The Bertz CT molecular complexity index is 163. The van der Waals surface area contributed by atoms with Crippen molar-refractivity contribution in [3.05, 3.63) is 0 Å². The zero-order chi connectivity index (χ0) is 8.97. The van der Waals surface area contributed by atoms with Gasteiger partial charge in [-0.05, 0) is 18.8 Å². The molecule has 1 aliphatic rings. The summed E-state index contributed by atoms with van der Waals surface area (Å²) in [6.45, 7) is 1.92. The van der Waals surface area contributed by atoms with Crippen LogP contribution in [0.25, 0.3) is 0 Å². The van der Waals surface area contributed by atoms with E-state index >= 15 is 0 Å². The van der Waals surface area contributed by atoms with E-state index in [1.54, 1.807) is 0 Å². The molecule has 1 rings (SSSR count). The van der Waals surface area contributed by atoms with Crippen LogP contribution in [0, 0.1) is 5.92 Å². The summed E-state index contributed by atoms with van der Waals surface area (Å²) in [5.74, 6) is 0.674. The quantitative estimate of drug-likeness (QED) is 0.729. The molecule has 0 aromatic heterocycles. The van der Waals surface area contributed by atoms with Crippen LogP contribution < -0.4 is 0 Å². The van der Waals surface area contributed by atoms with Crippen LogP contribution >= 0.6 is 15.9 Å². The number of likely N-dealkylation sites (tertiary alicyclic amines) is 1. The summed E-state index contributed by atoms with van der Waals surface area (Å²) in [5.41, 5.74) is 0. The molecule has 1 heterocycles. The first-order valence-corrected chi connectivity index (χ1v) is 5.34. The second kappa shape index (κ2) is 4.82. The third-order valence-electron chi connectivity index (χ3n) is 2.29. The van der Waals surface area contributed by atoms with E-state index in [1.165, 1.54) is 0 Å². The Morgan fingerprint density at radius 2 is 2.42 bits per heavy atom. The Morgan fingerprint density at radius 3 is 3.00 bits per heavy atom. The summed E-state index contributed by atoms with van der Waals surface area (Å²) in [7, 11) is 0. The second-order valence-corrected chi connectivity index (χ2v) is 3.70. The number of aliphatic hydroxyl groups is 1. The largest absolute Gasteiger partial charge is 0.396 e. The molecule has 4 heteroatoms. The first kappa shape index (κ1) is 9.99. The van der Waals surface area contributed by atoms with Gasteiger partial charge in [-0.1, -0.05) is 15.9 Å². The Morgan fingerprint density at radius 1 is 1.67 bits per heavy atom. The molecule has 12 heavy (non-hydrogen) atoms. The molecule has 70 valence electrons. The Labute approximate surface area is 80.9 Å². The maximum Gasteiger partial charge on any atom is 0.233 e. The molecule has 0 radical (unpaired) electrons. The summed E-state index contributed by atoms with van der Waals surface area (Å²) in [6, 6.07) is 0. The van der Waals surface area contributed by atoms with Crippen LogP contribution in [-0.4, -0.2) is 40.9 Å². The van der Waals surface area contributed by atoms with Crippen LogP contribution in [0.1, 0.15) is 12.8 Å². The molecule has 1 N–H and O–H groups in total. The number of amides is 1. The van der Waals surface area contributed by atoms with Crippen molar-refractivity contribution >= 4 is 21.8 Å². The van der Waals surface area contributed by atoms with E-state index in [2.05, 4.69) is 15.9 Å². The van der Waals surface area contributed by atoms with Crippen LogP contribution in [0.2, 0.25) is 0 Å². The van der Waals surface area contributed by atoms with Gasteiger partial charge in [0.2, 0.25) is 5.91 Å². The van der Waals surface area contributed by atoms with E-state index < -0.39 is 0 Å². The number of alkyl halides is 1. The molecular formula is C8H14BrNO2. The summed E-state index contributed by atoms with van der Waals surface area (Å²) in [5, 5.41) is 9.11. The lowest BCUT2D eigenvalue weighted by molar-refractivity contribution is -0.127. The lowest BCUT2D eigenvalue weighted by atomic mass is 10.1. The molecule has 0 spiro atoms. The number of halogens is 1. The van der Waals surface area contributed by atoms with Gasteiger partial charge < -0.3 is 10.0 Å². The van der Waals surface area contributed by atoms with E-state index in [9.17, 15) is 4.79 Å². The van der Waals surface area contributed by atoms with Gasteiger partial charge in [-0.15, -0.1) is 0 Å².